The smallest absolute Gasteiger partial charge is 0.438 e. The van der Waals surface area contributed by atoms with E-state index in [1.54, 1.807) is 48.5 Å². The molecule has 0 amide bonds. The number of cyclic esters (lactones) is 4. The fraction of sp³-hybridized carbons (Fsp3) is 0.776. The number of aromatic nitrogens is 22. The fourth-order valence-corrected chi connectivity index (χ4v) is 8.82. The Kier molecular flexibility index (Phi) is 92.0. The van der Waals surface area contributed by atoms with Gasteiger partial charge in [0.15, 0.2) is 60.6 Å². The molecule has 0 spiro atoms. The topological polar surface area (TPSA) is 792 Å². The number of H-pyrrole nitrogens is 6. The van der Waals surface area contributed by atoms with Crippen molar-refractivity contribution >= 4 is 70.9 Å². The van der Waals surface area contributed by atoms with Crippen LogP contribution in [0.15, 0.2) is 9.32 Å². The van der Waals surface area contributed by atoms with Crippen LogP contribution in [0.2, 0.25) is 0 Å². The summed E-state index contributed by atoms with van der Waals surface area (Å²) in [6.07, 6.45) is 6.45. The molecule has 53 heteroatoms. The zero-order chi connectivity index (χ0) is 111. The summed E-state index contributed by atoms with van der Waals surface area (Å²) in [6.45, 7) is 45.6. The number of hydrogen-bond donors (Lipinski definition) is 15. The number of nitrogens with zero attached hydrogens (tertiary/aromatic N) is 16. The Morgan fingerprint density at radius 1 is 0.384 bits per heavy atom. The van der Waals surface area contributed by atoms with E-state index >= 15 is 0 Å². The maximum absolute atomic E-state index is 10.6. The van der Waals surface area contributed by atoms with Crippen LogP contribution < -0.4 is 5.76 Å². The first-order chi connectivity index (χ1) is 66.1. The molecule has 138 heavy (non-hydrogen) atoms. The molecule has 4 aliphatic heterocycles. The number of rotatable bonds is 28. The molecule has 0 saturated carbocycles. The molecule has 15 N–H and O–H groups in total. The quantitative estimate of drug-likeness (QED) is 0.0164. The van der Waals surface area contributed by atoms with E-state index in [1.807, 2.05) is 48.5 Å². The highest BCUT2D eigenvalue weighted by molar-refractivity contribution is 5.77. The van der Waals surface area contributed by atoms with E-state index in [9.17, 15) is 62.3 Å². The molecule has 4 fully saturated rings. The lowest BCUT2D eigenvalue weighted by Crippen LogP contribution is -2.31. The van der Waals surface area contributed by atoms with Crippen LogP contribution in [0.4, 0.5) is 0 Å². The van der Waals surface area contributed by atoms with Crippen LogP contribution in [-0.2, 0) is 128 Å². The number of tetrazole rings is 5. The number of ether oxygens (including phenoxy) is 8. The molecule has 10 rings (SSSR count). The summed E-state index contributed by atoms with van der Waals surface area (Å²) in [5.74, 6) is -0.102. The number of carboxylic acid groups (broad SMARTS) is 4. The zero-order valence-corrected chi connectivity index (χ0v) is 84.8. The predicted octanol–water partition coefficient (Wildman–Crippen LogP) is 7.83. The normalized spacial score (nSPS) is 17.7. The molecule has 4 aliphatic rings. The second kappa shape index (κ2) is 95.7. The van der Waals surface area contributed by atoms with Crippen molar-refractivity contribution in [3.8, 4) is 0 Å². The third-order valence-electron chi connectivity index (χ3n) is 14.4. The molecule has 0 radical (unpaired) electrons. The SMILES string of the molecule is CC(=O)CC(C)O.CC(=O)CC(C)O.CC(=O)CC(C)O.CC(O)CC(=O)O.CC(O)CC(=O)O.CC1CC(=O)OC(C)O1.CC1CC(=O)OC(C)O1.CC1CC(=O)OC(C)O1.CC1CC(=O)OCO1.CCC(C)c1nn[nH]n1.CCCC(=O)O.CCCC(C)=O.CCCc1nn[nH]n1.CCCc1nn[nH]n1.CCCc1nn[nH]n1.CCCc1nn[nH]n1.CCCc1noc(=O)[nH]1.[2H]C([2H])(C)C([2H])([2H])C(=O)O. The molecule has 0 aromatic carbocycles. The average molecular weight is 1990 g/mol. The molecular weight excluding hydrogens is 1830 g/mol. The van der Waals surface area contributed by atoms with Gasteiger partial charge >= 0.3 is 53.5 Å². The second-order valence-corrected chi connectivity index (χ2v) is 30.1. The third-order valence-corrected chi connectivity index (χ3v) is 14.4. The molecule has 0 aliphatic carbocycles. The largest absolute Gasteiger partial charge is 0.481 e. The highest BCUT2D eigenvalue weighted by Crippen LogP contribution is 2.15. The maximum Gasteiger partial charge on any atom is 0.438 e. The third kappa shape index (κ3) is 115. The minimum absolute atomic E-state index is 0.0150. The molecule has 0 bridgehead atoms. The Balaban J connectivity index is -0.000000224. The summed E-state index contributed by atoms with van der Waals surface area (Å²) in [5.41, 5.74) is 0. The van der Waals surface area contributed by atoms with Gasteiger partial charge in [-0.3, -0.25) is 62.2 Å². The number of esters is 4. The molecule has 13 atom stereocenters. The van der Waals surface area contributed by atoms with Gasteiger partial charge in [0.25, 0.3) is 0 Å². The molecule has 53 nitrogen and oxygen atoms in total. The minimum atomic E-state index is -2.81. The Hall–Kier alpha value is -11.6. The molecule has 6 aromatic rings. The van der Waals surface area contributed by atoms with E-state index in [4.69, 9.17) is 84.6 Å². The Bertz CT molecular complexity index is 3770. The van der Waals surface area contributed by atoms with Gasteiger partial charge in [0.1, 0.15) is 23.1 Å². The Morgan fingerprint density at radius 2 is 0.688 bits per heavy atom. The summed E-state index contributed by atoms with van der Waals surface area (Å²) >= 11 is 0. The van der Waals surface area contributed by atoms with Gasteiger partial charge in [-0.25, -0.2) is 4.79 Å². The molecule has 6 aromatic heterocycles. The van der Waals surface area contributed by atoms with Crippen LogP contribution in [-0.4, -0.2) is 311 Å². The predicted molar refractivity (Wildman–Crippen MR) is 494 cm³/mol. The summed E-state index contributed by atoms with van der Waals surface area (Å²) in [7, 11) is 0. The van der Waals surface area contributed by atoms with Gasteiger partial charge in [0, 0.05) is 82.0 Å². The first-order valence-corrected chi connectivity index (χ1v) is 44.9. The van der Waals surface area contributed by atoms with Crippen molar-refractivity contribution < 1.29 is 151 Å². The number of carbonyl (C=O) groups excluding carboxylic acids is 8. The summed E-state index contributed by atoms with van der Waals surface area (Å²) < 4.78 is 70.1. The van der Waals surface area contributed by atoms with Gasteiger partial charge in [-0.15, -0.1) is 51.0 Å². The standard InChI is InChI=1S/3C6H10O3.C5H10N4.C5H8N2O2.C5H8O3.3C5H10O2.C5H10O.4C4H8N4.2C4H8O3.2C4H8O2/c3*1-4-3-6(7)9-5(2)8-4;1-3-4(2)5-6-8-9-7-5;1-2-3-4-6-5(8)9-7-4;1-4-2-5(6)8-3-7-4;3*1-4(6)3-5(2)7;1-3-4-5(2)6;4*1-2-3-4-5-7-8-6-4;2*1-3(5)2-4(6)7;2*1-2-3-4(5)6/h3*4-5H,3H2,1-2H3;4H,3H2,1-2H3,(H,6,7,8,9);2-3H2,1H3,(H,6,7,8);4H,2-3H2,1H3;3*4,6H,3H2,1-2H3;3-4H2,1-2H3;4*2-3H2,1H3,(H,5,6,7,8);2*3,5H,2H2,1H3,(H,6,7);2*2-3H2,1H3,(H,5,6)/i;;;;;;;;;;;;;;;;2D2,3D2;. The van der Waals surface area contributed by atoms with Gasteiger partial charge in [0.2, 0.25) is 0 Å². The lowest BCUT2D eigenvalue weighted by Gasteiger charge is -2.24. The van der Waals surface area contributed by atoms with Crippen LogP contribution in [0.25, 0.3) is 0 Å². The van der Waals surface area contributed by atoms with E-state index in [0.29, 0.717) is 43.8 Å². The number of Topliss-reactive ketones (excluding diaryl/α,β-unsaturated/α-hetero) is 4. The number of nitrogens with one attached hydrogen (secondary N) is 6. The van der Waals surface area contributed by atoms with Crippen molar-refractivity contribution in [1.82, 2.24) is 113 Å². The number of aliphatic carboxylic acids is 4. The highest BCUT2D eigenvalue weighted by atomic mass is 16.7. The number of aliphatic hydroxyl groups excluding tert-OH is 5. The number of hydrogen-bond acceptors (Lipinski definition) is 43. The summed E-state index contributed by atoms with van der Waals surface area (Å²) in [5, 5.41) is 144. The molecular formula is C85H160N22O31. The van der Waals surface area contributed by atoms with Crippen molar-refractivity contribution in [3.05, 3.63) is 45.5 Å². The van der Waals surface area contributed by atoms with Gasteiger partial charge in [-0.2, -0.15) is 26.1 Å². The summed E-state index contributed by atoms with van der Waals surface area (Å²) in [6, 6.07) is 0. The number of ketones is 4. The molecule has 4 saturated heterocycles. The lowest BCUT2D eigenvalue weighted by molar-refractivity contribution is -0.207. The number of carboxylic acids is 4. The minimum Gasteiger partial charge on any atom is -0.481 e. The van der Waals surface area contributed by atoms with Crippen molar-refractivity contribution in [2.24, 2.45) is 0 Å². The maximum atomic E-state index is 10.6. The Morgan fingerprint density at radius 3 is 0.826 bits per heavy atom. The number of aryl methyl sites for hydroxylation is 5. The number of aromatic amines is 6. The first kappa shape index (κ1) is 133. The van der Waals surface area contributed by atoms with E-state index in [1.165, 1.54) is 34.6 Å². The second-order valence-electron chi connectivity index (χ2n) is 30.1. The van der Waals surface area contributed by atoms with Crippen LogP contribution in [0.3, 0.4) is 0 Å². The van der Waals surface area contributed by atoms with Crippen molar-refractivity contribution in [2.45, 2.75) is 427 Å². The average Bonchev–Trinajstić information content (AvgIpc) is 0.940. The first-order valence-electron chi connectivity index (χ1n) is 46.9. The van der Waals surface area contributed by atoms with E-state index < -0.39 is 72.9 Å². The summed E-state index contributed by atoms with van der Waals surface area (Å²) in [4.78, 5) is 134. The molecule has 10 heterocycles. The number of carbonyl (C=O) groups is 12. The van der Waals surface area contributed by atoms with E-state index in [-0.39, 0.29) is 129 Å². The molecule has 796 valence electrons. The van der Waals surface area contributed by atoms with Crippen LogP contribution >= 0.6 is 0 Å². The van der Waals surface area contributed by atoms with Crippen molar-refractivity contribution in [2.75, 3.05) is 6.79 Å². The number of aliphatic hydroxyl groups is 5. The van der Waals surface area contributed by atoms with Crippen LogP contribution in [0.1, 0.15) is 361 Å². The molecule has 13 unspecified atom stereocenters. The van der Waals surface area contributed by atoms with E-state index in [0.717, 1.165) is 126 Å². The van der Waals surface area contributed by atoms with Crippen LogP contribution in [0.5, 0.6) is 0 Å². The van der Waals surface area contributed by atoms with Gasteiger partial charge in [0.05, 0.1) is 93.5 Å². The van der Waals surface area contributed by atoms with Crippen LogP contribution in [0, 0.1) is 0 Å². The van der Waals surface area contributed by atoms with Crippen molar-refractivity contribution in [1.29, 1.82) is 0 Å². The zero-order valence-electron chi connectivity index (χ0n) is 88.8. The monoisotopic (exact) mass is 1990 g/mol. The van der Waals surface area contributed by atoms with E-state index in [2.05, 4.69) is 164 Å². The fourth-order valence-electron chi connectivity index (χ4n) is 8.82. The highest BCUT2D eigenvalue weighted by Gasteiger charge is 2.25. The van der Waals surface area contributed by atoms with Gasteiger partial charge in [-0.1, -0.05) is 100 Å². The van der Waals surface area contributed by atoms with Gasteiger partial charge in [-0.05, 0) is 169 Å². The Labute approximate surface area is 811 Å². The van der Waals surface area contributed by atoms with Crippen molar-refractivity contribution in [3.63, 3.8) is 0 Å². The van der Waals surface area contributed by atoms with Gasteiger partial charge < -0.3 is 88.6 Å². The lowest BCUT2D eigenvalue weighted by atomic mass is 10.1.